The van der Waals surface area contributed by atoms with Gasteiger partial charge in [0.1, 0.15) is 11.6 Å². The molecule has 0 bridgehead atoms. The number of halogens is 1. The van der Waals surface area contributed by atoms with Gasteiger partial charge in [-0.3, -0.25) is 4.79 Å². The molecule has 0 amide bonds. The maximum Gasteiger partial charge on any atom is 0.289 e. The first-order chi connectivity index (χ1) is 12.8. The van der Waals surface area contributed by atoms with E-state index in [4.69, 9.17) is 0 Å². The number of nitriles is 1. The highest BCUT2D eigenvalue weighted by Gasteiger charge is 2.17. The molecule has 3 aromatic rings. The lowest BCUT2D eigenvalue weighted by molar-refractivity contribution is 0.0944. The highest BCUT2D eigenvalue weighted by Crippen LogP contribution is 2.25. The monoisotopic (exact) mass is 422 g/mol. The van der Waals surface area contributed by atoms with Crippen molar-refractivity contribution in [1.29, 1.82) is 5.26 Å². The number of hydrogen-bond acceptors (Lipinski definition) is 3. The summed E-state index contributed by atoms with van der Waals surface area (Å²) in [5.41, 5.74) is 5.33. The molecule has 0 radical (unpaired) electrons. The summed E-state index contributed by atoms with van der Waals surface area (Å²) in [6.45, 7) is 7.59. The summed E-state index contributed by atoms with van der Waals surface area (Å²) in [7, 11) is 0. The summed E-state index contributed by atoms with van der Waals surface area (Å²) >= 11 is 3.50. The van der Waals surface area contributed by atoms with Crippen LogP contribution in [-0.4, -0.2) is 20.3 Å². The Morgan fingerprint density at radius 2 is 1.89 bits per heavy atom. The van der Waals surface area contributed by atoms with Crippen LogP contribution in [0.15, 0.2) is 46.4 Å². The molecule has 6 heteroatoms. The highest BCUT2D eigenvalue weighted by atomic mass is 79.9. The maximum atomic E-state index is 12.7. The van der Waals surface area contributed by atoms with Crippen LogP contribution in [0.1, 0.15) is 33.1 Å². The molecule has 2 heterocycles. The summed E-state index contributed by atoms with van der Waals surface area (Å²) in [6, 6.07) is 13.8. The van der Waals surface area contributed by atoms with Crippen LogP contribution in [0.4, 0.5) is 0 Å². The summed E-state index contributed by atoms with van der Waals surface area (Å²) in [5, 5.41) is 13.7. The molecule has 27 heavy (non-hydrogen) atoms. The zero-order valence-corrected chi connectivity index (χ0v) is 17.2. The molecule has 0 saturated heterocycles. The normalized spacial score (nSPS) is 11.5. The van der Waals surface area contributed by atoms with Crippen LogP contribution in [0.2, 0.25) is 0 Å². The Balaban J connectivity index is 2.06. The van der Waals surface area contributed by atoms with Gasteiger partial charge in [0.25, 0.3) is 5.91 Å². The van der Waals surface area contributed by atoms with Crippen molar-refractivity contribution >= 4 is 27.9 Å². The fraction of sp³-hybridized carbons (Fsp3) is 0.190. The zero-order chi connectivity index (χ0) is 19.7. The van der Waals surface area contributed by atoms with Crippen molar-refractivity contribution in [3.05, 3.63) is 74.8 Å². The Morgan fingerprint density at radius 3 is 2.48 bits per heavy atom. The lowest BCUT2D eigenvalue weighted by Crippen LogP contribution is -2.15. The Labute approximate surface area is 166 Å². The van der Waals surface area contributed by atoms with Gasteiger partial charge in [-0.15, -0.1) is 0 Å². The van der Waals surface area contributed by atoms with E-state index < -0.39 is 5.91 Å². The third-order valence-electron chi connectivity index (χ3n) is 4.39. The third-order valence-corrected chi connectivity index (χ3v) is 4.88. The molecule has 0 N–H and O–H groups in total. The fourth-order valence-electron chi connectivity index (χ4n) is 3.19. The predicted octanol–water partition coefficient (Wildman–Crippen LogP) is 4.92. The van der Waals surface area contributed by atoms with Crippen molar-refractivity contribution in [3.63, 3.8) is 0 Å². The van der Waals surface area contributed by atoms with Gasteiger partial charge >= 0.3 is 0 Å². The molecule has 3 rings (SSSR count). The van der Waals surface area contributed by atoms with Gasteiger partial charge in [0.2, 0.25) is 0 Å². The minimum Gasteiger partial charge on any atom is -0.318 e. The van der Waals surface area contributed by atoms with Crippen molar-refractivity contribution in [1.82, 2.24) is 14.3 Å². The van der Waals surface area contributed by atoms with Crippen molar-refractivity contribution in [2.24, 2.45) is 0 Å². The fourth-order valence-corrected chi connectivity index (χ4v) is 3.58. The average Bonchev–Trinajstić information content (AvgIpc) is 3.10. The summed E-state index contributed by atoms with van der Waals surface area (Å²) in [6.07, 6.45) is 1.63. The Morgan fingerprint density at radius 1 is 1.15 bits per heavy atom. The molecule has 0 saturated carbocycles. The molecule has 0 aliphatic heterocycles. The first-order valence-electron chi connectivity index (χ1n) is 8.46. The highest BCUT2D eigenvalue weighted by molar-refractivity contribution is 9.10. The lowest BCUT2D eigenvalue weighted by Gasteiger charge is -2.10. The molecular formula is C21H19BrN4O. The first kappa shape index (κ1) is 18.9. The van der Waals surface area contributed by atoms with E-state index in [0.717, 1.165) is 32.8 Å². The number of rotatable bonds is 3. The Hall–Kier alpha value is -2.91. The van der Waals surface area contributed by atoms with E-state index in [1.165, 1.54) is 4.68 Å². The van der Waals surface area contributed by atoms with E-state index in [-0.39, 0.29) is 5.57 Å². The third kappa shape index (κ3) is 3.64. The number of allylic oxidation sites excluding steroid dienone is 1. The molecule has 136 valence electrons. The van der Waals surface area contributed by atoms with E-state index in [1.807, 2.05) is 63.2 Å². The van der Waals surface area contributed by atoms with E-state index in [0.29, 0.717) is 5.69 Å². The molecule has 5 nitrogen and oxygen atoms in total. The average molecular weight is 423 g/mol. The minimum absolute atomic E-state index is 0.0516. The molecule has 0 unspecified atom stereocenters. The minimum atomic E-state index is -0.421. The van der Waals surface area contributed by atoms with Crippen LogP contribution >= 0.6 is 15.9 Å². The van der Waals surface area contributed by atoms with Gasteiger partial charge in [0.15, 0.2) is 0 Å². The van der Waals surface area contributed by atoms with Gasteiger partial charge < -0.3 is 4.57 Å². The van der Waals surface area contributed by atoms with Crippen molar-refractivity contribution in [2.75, 3.05) is 0 Å². The number of aryl methyl sites for hydroxylation is 3. The second-order valence-corrected chi connectivity index (χ2v) is 7.37. The molecule has 0 fully saturated rings. The molecule has 2 aromatic heterocycles. The van der Waals surface area contributed by atoms with Crippen molar-refractivity contribution < 1.29 is 4.79 Å². The summed E-state index contributed by atoms with van der Waals surface area (Å²) in [4.78, 5) is 12.7. The van der Waals surface area contributed by atoms with E-state index >= 15 is 0 Å². The van der Waals surface area contributed by atoms with Gasteiger partial charge in [-0.2, -0.15) is 10.4 Å². The molecule has 0 spiro atoms. The van der Waals surface area contributed by atoms with Gasteiger partial charge in [0, 0.05) is 27.2 Å². The van der Waals surface area contributed by atoms with E-state index in [1.54, 1.807) is 13.0 Å². The standard InChI is InChI=1S/C21H19BrN4O/c1-13-8-15(3)26(24-13)21(27)18(12-23)10-17-9-14(2)25(16(17)4)20-7-5-6-19(22)11-20/h5-11H,1-4H3/b18-10+. The predicted molar refractivity (Wildman–Crippen MR) is 109 cm³/mol. The molecular weight excluding hydrogens is 404 g/mol. The topological polar surface area (TPSA) is 63.6 Å². The Kier molecular flexibility index (Phi) is 5.15. The summed E-state index contributed by atoms with van der Waals surface area (Å²) in [5.74, 6) is -0.421. The first-order valence-corrected chi connectivity index (χ1v) is 9.25. The lowest BCUT2D eigenvalue weighted by atomic mass is 10.1. The Bertz CT molecular complexity index is 1110. The van der Waals surface area contributed by atoms with Gasteiger partial charge in [-0.05, 0) is 69.7 Å². The second-order valence-electron chi connectivity index (χ2n) is 6.46. The van der Waals surface area contributed by atoms with Crippen LogP contribution < -0.4 is 0 Å². The molecule has 1 aromatic carbocycles. The summed E-state index contributed by atoms with van der Waals surface area (Å²) < 4.78 is 4.36. The SMILES string of the molecule is Cc1cc(C)n(C(=O)/C(C#N)=C/c2cc(C)n(-c3cccc(Br)c3)c2C)n1. The smallest absolute Gasteiger partial charge is 0.289 e. The maximum absolute atomic E-state index is 12.7. The van der Waals surface area contributed by atoms with Crippen molar-refractivity contribution in [3.8, 4) is 11.8 Å². The van der Waals surface area contributed by atoms with Crippen LogP contribution in [0.5, 0.6) is 0 Å². The number of carbonyl (C=O) groups excluding carboxylic acids is 1. The van der Waals surface area contributed by atoms with Gasteiger partial charge in [-0.25, -0.2) is 4.68 Å². The molecule has 0 atom stereocenters. The van der Waals surface area contributed by atoms with Crippen LogP contribution in [0, 0.1) is 39.0 Å². The molecule has 0 aliphatic carbocycles. The van der Waals surface area contributed by atoms with Crippen molar-refractivity contribution in [2.45, 2.75) is 27.7 Å². The van der Waals surface area contributed by atoms with E-state index in [9.17, 15) is 10.1 Å². The van der Waals surface area contributed by atoms with Gasteiger partial charge in [0.05, 0.1) is 5.69 Å². The van der Waals surface area contributed by atoms with Crippen LogP contribution in [0.25, 0.3) is 11.8 Å². The van der Waals surface area contributed by atoms with E-state index in [2.05, 4.69) is 25.6 Å². The number of benzene rings is 1. The number of nitrogens with zero attached hydrogens (tertiary/aromatic N) is 4. The molecule has 0 aliphatic rings. The van der Waals surface area contributed by atoms with Gasteiger partial charge in [-0.1, -0.05) is 22.0 Å². The largest absolute Gasteiger partial charge is 0.318 e. The van der Waals surface area contributed by atoms with Crippen LogP contribution in [0.3, 0.4) is 0 Å². The number of carbonyl (C=O) groups is 1. The van der Waals surface area contributed by atoms with Crippen LogP contribution in [-0.2, 0) is 0 Å². The number of aromatic nitrogens is 3. The second kappa shape index (κ2) is 7.37. The quantitative estimate of drug-likeness (QED) is 0.444. The number of hydrogen-bond donors (Lipinski definition) is 0. The zero-order valence-electron chi connectivity index (χ0n) is 15.6.